The standard InChI is InChI=1S/C12H22N2O3/c1-8-6-9(8)7-13-11(17)14-12(2,3)5-4-10(15)16/h8-9H,4-7H2,1-3H3,(H,15,16)(H2,13,14,17). The Bertz CT molecular complexity index is 302. The molecule has 0 heterocycles. The zero-order valence-corrected chi connectivity index (χ0v) is 10.7. The Labute approximate surface area is 102 Å². The highest BCUT2D eigenvalue weighted by atomic mass is 16.4. The van der Waals surface area contributed by atoms with Crippen molar-refractivity contribution in [3.8, 4) is 0 Å². The van der Waals surface area contributed by atoms with Gasteiger partial charge in [-0.15, -0.1) is 0 Å². The van der Waals surface area contributed by atoms with Gasteiger partial charge in [0.2, 0.25) is 0 Å². The number of carbonyl (C=O) groups excluding carboxylic acids is 1. The molecule has 5 nitrogen and oxygen atoms in total. The molecule has 0 radical (unpaired) electrons. The van der Waals surface area contributed by atoms with Crippen LogP contribution in [0.15, 0.2) is 0 Å². The molecular formula is C12H22N2O3. The van der Waals surface area contributed by atoms with Crippen molar-refractivity contribution >= 4 is 12.0 Å². The Balaban J connectivity index is 2.20. The third-order valence-corrected chi connectivity index (χ3v) is 3.22. The molecule has 0 saturated heterocycles. The maximum absolute atomic E-state index is 11.6. The van der Waals surface area contributed by atoms with Crippen LogP contribution in [-0.2, 0) is 4.79 Å². The van der Waals surface area contributed by atoms with Crippen LogP contribution in [0.3, 0.4) is 0 Å². The highest BCUT2D eigenvalue weighted by Crippen LogP contribution is 2.36. The molecule has 0 aliphatic heterocycles. The first-order valence-electron chi connectivity index (χ1n) is 6.08. The number of hydrogen-bond acceptors (Lipinski definition) is 2. The molecule has 0 spiro atoms. The summed E-state index contributed by atoms with van der Waals surface area (Å²) in [5.74, 6) is 0.491. The summed E-state index contributed by atoms with van der Waals surface area (Å²) in [6, 6.07) is -0.209. The Morgan fingerprint density at radius 2 is 2.00 bits per heavy atom. The maximum Gasteiger partial charge on any atom is 0.315 e. The van der Waals surface area contributed by atoms with Gasteiger partial charge in [0.05, 0.1) is 0 Å². The van der Waals surface area contributed by atoms with E-state index in [9.17, 15) is 9.59 Å². The normalized spacial score (nSPS) is 23.0. The van der Waals surface area contributed by atoms with E-state index in [-0.39, 0.29) is 12.5 Å². The summed E-state index contributed by atoms with van der Waals surface area (Å²) < 4.78 is 0. The molecule has 1 rings (SSSR count). The molecule has 0 aromatic rings. The first-order valence-corrected chi connectivity index (χ1v) is 6.08. The monoisotopic (exact) mass is 242 g/mol. The van der Waals surface area contributed by atoms with Crippen LogP contribution in [0.5, 0.6) is 0 Å². The second-order valence-corrected chi connectivity index (χ2v) is 5.59. The van der Waals surface area contributed by atoms with Gasteiger partial charge in [0.25, 0.3) is 0 Å². The summed E-state index contributed by atoms with van der Waals surface area (Å²) in [5, 5.41) is 14.2. The average Bonchev–Trinajstić information content (AvgIpc) is 2.88. The zero-order valence-electron chi connectivity index (χ0n) is 10.7. The third kappa shape index (κ3) is 5.56. The van der Waals surface area contributed by atoms with Gasteiger partial charge in [-0.1, -0.05) is 6.92 Å². The first-order chi connectivity index (χ1) is 7.80. The lowest BCUT2D eigenvalue weighted by atomic mass is 9.99. The predicted octanol–water partition coefficient (Wildman–Crippen LogP) is 1.58. The number of nitrogens with one attached hydrogen (secondary N) is 2. The van der Waals surface area contributed by atoms with Crippen molar-refractivity contribution < 1.29 is 14.7 Å². The van der Waals surface area contributed by atoms with Crippen LogP contribution in [0.25, 0.3) is 0 Å². The van der Waals surface area contributed by atoms with E-state index in [1.165, 1.54) is 6.42 Å². The quantitative estimate of drug-likeness (QED) is 0.661. The number of carboxylic acid groups (broad SMARTS) is 1. The van der Waals surface area contributed by atoms with Gasteiger partial charge in [-0.25, -0.2) is 4.79 Å². The number of carbonyl (C=O) groups is 2. The molecule has 0 aromatic carbocycles. The van der Waals surface area contributed by atoms with Gasteiger partial charge in [-0.3, -0.25) is 4.79 Å². The lowest BCUT2D eigenvalue weighted by Crippen LogP contribution is -2.49. The number of urea groups is 1. The number of carboxylic acids is 1. The van der Waals surface area contributed by atoms with E-state index in [1.54, 1.807) is 0 Å². The molecule has 1 saturated carbocycles. The van der Waals surface area contributed by atoms with Crippen molar-refractivity contribution in [1.82, 2.24) is 10.6 Å². The number of rotatable bonds is 6. The average molecular weight is 242 g/mol. The van der Waals surface area contributed by atoms with Crippen LogP contribution in [0, 0.1) is 11.8 Å². The van der Waals surface area contributed by atoms with Crippen LogP contribution in [0.1, 0.15) is 40.0 Å². The molecule has 0 aromatic heterocycles. The van der Waals surface area contributed by atoms with Crippen LogP contribution >= 0.6 is 0 Å². The van der Waals surface area contributed by atoms with Gasteiger partial charge in [0.15, 0.2) is 0 Å². The lowest BCUT2D eigenvalue weighted by molar-refractivity contribution is -0.137. The second kappa shape index (κ2) is 5.38. The van der Waals surface area contributed by atoms with Crippen molar-refractivity contribution in [2.24, 2.45) is 11.8 Å². The summed E-state index contributed by atoms with van der Waals surface area (Å²) in [5.41, 5.74) is -0.488. The Morgan fingerprint density at radius 3 is 2.47 bits per heavy atom. The molecule has 0 bridgehead atoms. The maximum atomic E-state index is 11.6. The smallest absolute Gasteiger partial charge is 0.315 e. The van der Waals surface area contributed by atoms with Crippen LogP contribution in [-0.4, -0.2) is 29.2 Å². The van der Waals surface area contributed by atoms with Gasteiger partial charge < -0.3 is 15.7 Å². The van der Waals surface area contributed by atoms with Crippen molar-refractivity contribution in [1.29, 1.82) is 0 Å². The molecule has 5 heteroatoms. The molecule has 1 fully saturated rings. The highest BCUT2D eigenvalue weighted by molar-refractivity contribution is 5.75. The molecule has 2 atom stereocenters. The van der Waals surface area contributed by atoms with Gasteiger partial charge in [-0.2, -0.15) is 0 Å². The van der Waals surface area contributed by atoms with E-state index in [0.29, 0.717) is 18.9 Å². The minimum absolute atomic E-state index is 0.0624. The topological polar surface area (TPSA) is 78.4 Å². The van der Waals surface area contributed by atoms with Crippen molar-refractivity contribution in [2.45, 2.75) is 45.6 Å². The van der Waals surface area contributed by atoms with Gasteiger partial charge >= 0.3 is 12.0 Å². The Kier molecular flexibility index (Phi) is 4.37. The van der Waals surface area contributed by atoms with Crippen LogP contribution in [0.4, 0.5) is 4.79 Å². The summed E-state index contributed by atoms with van der Waals surface area (Å²) in [4.78, 5) is 22.0. The van der Waals surface area contributed by atoms with Crippen LogP contribution < -0.4 is 10.6 Å². The highest BCUT2D eigenvalue weighted by Gasteiger charge is 2.32. The second-order valence-electron chi connectivity index (χ2n) is 5.59. The minimum atomic E-state index is -0.841. The fraction of sp³-hybridized carbons (Fsp3) is 0.833. The minimum Gasteiger partial charge on any atom is -0.481 e. The number of hydrogen-bond donors (Lipinski definition) is 3. The Morgan fingerprint density at radius 1 is 1.41 bits per heavy atom. The number of amides is 2. The molecule has 2 unspecified atom stereocenters. The Hall–Kier alpha value is -1.26. The summed E-state index contributed by atoms with van der Waals surface area (Å²) >= 11 is 0. The van der Waals surface area contributed by atoms with E-state index in [4.69, 9.17) is 5.11 Å². The molecule has 1 aliphatic carbocycles. The van der Waals surface area contributed by atoms with E-state index in [2.05, 4.69) is 17.6 Å². The van der Waals surface area contributed by atoms with Gasteiger partial charge in [0.1, 0.15) is 0 Å². The lowest BCUT2D eigenvalue weighted by Gasteiger charge is -2.25. The fourth-order valence-corrected chi connectivity index (χ4v) is 1.74. The van der Waals surface area contributed by atoms with Crippen molar-refractivity contribution in [2.75, 3.05) is 6.54 Å². The first kappa shape index (κ1) is 13.8. The predicted molar refractivity (Wildman–Crippen MR) is 64.8 cm³/mol. The molecule has 3 N–H and O–H groups in total. The van der Waals surface area contributed by atoms with E-state index in [0.717, 1.165) is 5.92 Å². The van der Waals surface area contributed by atoms with Gasteiger partial charge in [-0.05, 0) is 38.5 Å². The fourth-order valence-electron chi connectivity index (χ4n) is 1.74. The molecular weight excluding hydrogens is 220 g/mol. The molecule has 98 valence electrons. The molecule has 2 amide bonds. The largest absolute Gasteiger partial charge is 0.481 e. The third-order valence-electron chi connectivity index (χ3n) is 3.22. The molecule has 1 aliphatic rings. The summed E-state index contributed by atoms with van der Waals surface area (Å²) in [6.07, 6.45) is 1.67. The zero-order chi connectivity index (χ0) is 13.1. The van der Waals surface area contributed by atoms with Gasteiger partial charge in [0, 0.05) is 18.5 Å². The van der Waals surface area contributed by atoms with E-state index < -0.39 is 11.5 Å². The van der Waals surface area contributed by atoms with Crippen molar-refractivity contribution in [3.63, 3.8) is 0 Å². The summed E-state index contributed by atoms with van der Waals surface area (Å²) in [6.45, 7) is 6.54. The van der Waals surface area contributed by atoms with Crippen molar-refractivity contribution in [3.05, 3.63) is 0 Å². The molecule has 17 heavy (non-hydrogen) atoms. The van der Waals surface area contributed by atoms with Crippen LogP contribution in [0.2, 0.25) is 0 Å². The number of aliphatic carboxylic acids is 1. The SMILES string of the molecule is CC1CC1CNC(=O)NC(C)(C)CCC(=O)O. The van der Waals surface area contributed by atoms with E-state index in [1.807, 2.05) is 13.8 Å². The summed E-state index contributed by atoms with van der Waals surface area (Å²) in [7, 11) is 0. The van der Waals surface area contributed by atoms with E-state index >= 15 is 0 Å².